The number of rotatable bonds is 14. The van der Waals surface area contributed by atoms with Crippen LogP contribution in [0.1, 0.15) is 52.4 Å². The van der Waals surface area contributed by atoms with Crippen molar-refractivity contribution in [1.82, 2.24) is 5.32 Å². The van der Waals surface area contributed by atoms with Gasteiger partial charge in [-0.1, -0.05) is 32.6 Å². The molecule has 0 bridgehead atoms. The Bertz CT molecular complexity index is 723. The lowest BCUT2D eigenvalue weighted by Crippen LogP contribution is -2.60. The van der Waals surface area contributed by atoms with Crippen molar-refractivity contribution in [2.75, 3.05) is 13.7 Å². The Balaban J connectivity index is 2.94. The van der Waals surface area contributed by atoms with E-state index in [4.69, 9.17) is 25.7 Å². The van der Waals surface area contributed by atoms with Gasteiger partial charge < -0.3 is 41.2 Å². The highest BCUT2D eigenvalue weighted by Gasteiger charge is 2.45. The second-order valence-corrected chi connectivity index (χ2v) is 7.80. The SMILES string of the molecule is CCCCCCCC(=O)OC[C@@H](O)[C@H](OC)C1OC(C(=O)O)=CC(N=C(N)N)C1NC(C)=O. The summed E-state index contributed by atoms with van der Waals surface area (Å²) in [6.45, 7) is 2.95. The Hall–Kier alpha value is -2.86. The zero-order valence-electron chi connectivity index (χ0n) is 19.4. The van der Waals surface area contributed by atoms with E-state index in [1.165, 1.54) is 14.0 Å². The maximum absolute atomic E-state index is 12.0. The molecular formula is C21H36N4O8. The van der Waals surface area contributed by atoms with Crippen LogP contribution in [0.15, 0.2) is 16.8 Å². The number of carbonyl (C=O) groups is 3. The molecule has 33 heavy (non-hydrogen) atoms. The quantitative estimate of drug-likeness (QED) is 0.0975. The molecule has 0 spiro atoms. The number of carboxylic acid groups (broad SMARTS) is 1. The molecule has 0 aromatic carbocycles. The number of unbranched alkanes of at least 4 members (excludes halogenated alkanes) is 4. The van der Waals surface area contributed by atoms with E-state index in [2.05, 4.69) is 17.2 Å². The van der Waals surface area contributed by atoms with Gasteiger partial charge in [-0.15, -0.1) is 0 Å². The van der Waals surface area contributed by atoms with Crippen LogP contribution in [0, 0.1) is 0 Å². The first-order valence-corrected chi connectivity index (χ1v) is 10.9. The van der Waals surface area contributed by atoms with Gasteiger partial charge in [0.05, 0.1) is 12.1 Å². The first-order valence-electron chi connectivity index (χ1n) is 10.9. The van der Waals surface area contributed by atoms with Crippen molar-refractivity contribution in [2.24, 2.45) is 16.5 Å². The lowest BCUT2D eigenvalue weighted by Gasteiger charge is -2.40. The number of hydrogen-bond donors (Lipinski definition) is 5. The van der Waals surface area contributed by atoms with Crippen molar-refractivity contribution < 1.29 is 38.8 Å². The summed E-state index contributed by atoms with van der Waals surface area (Å²) >= 11 is 0. The fourth-order valence-corrected chi connectivity index (χ4v) is 3.53. The number of aliphatic hydroxyl groups is 1. The van der Waals surface area contributed by atoms with Gasteiger partial charge in [-0.3, -0.25) is 9.59 Å². The Morgan fingerprint density at radius 1 is 1.24 bits per heavy atom. The van der Waals surface area contributed by atoms with Crippen LogP contribution in [0.5, 0.6) is 0 Å². The number of esters is 1. The lowest BCUT2D eigenvalue weighted by molar-refractivity contribution is -0.159. The molecule has 0 aliphatic carbocycles. The fraction of sp³-hybridized carbons (Fsp3) is 0.714. The number of aliphatic hydroxyl groups excluding tert-OH is 1. The highest BCUT2D eigenvalue weighted by molar-refractivity contribution is 5.85. The molecule has 0 aromatic heterocycles. The number of aliphatic carboxylic acids is 1. The van der Waals surface area contributed by atoms with Gasteiger partial charge in [0.15, 0.2) is 12.1 Å². The van der Waals surface area contributed by atoms with Crippen molar-refractivity contribution in [3.63, 3.8) is 0 Å². The van der Waals surface area contributed by atoms with Gasteiger partial charge in [-0.05, 0) is 12.5 Å². The van der Waals surface area contributed by atoms with E-state index in [1.54, 1.807) is 0 Å². The summed E-state index contributed by atoms with van der Waals surface area (Å²) in [7, 11) is 1.27. The van der Waals surface area contributed by atoms with E-state index in [1.807, 2.05) is 0 Å². The molecule has 7 N–H and O–H groups in total. The molecule has 5 atom stereocenters. The van der Waals surface area contributed by atoms with Crippen molar-refractivity contribution >= 4 is 23.8 Å². The summed E-state index contributed by atoms with van der Waals surface area (Å²) in [5.41, 5.74) is 10.9. The smallest absolute Gasteiger partial charge is 0.370 e. The third kappa shape index (κ3) is 9.66. The zero-order valence-corrected chi connectivity index (χ0v) is 19.4. The number of nitrogens with zero attached hydrogens (tertiary/aromatic N) is 1. The van der Waals surface area contributed by atoms with Crippen LogP contribution in [-0.2, 0) is 28.6 Å². The summed E-state index contributed by atoms with van der Waals surface area (Å²) in [6, 6.07) is -1.97. The molecule has 12 nitrogen and oxygen atoms in total. The van der Waals surface area contributed by atoms with E-state index in [9.17, 15) is 24.6 Å². The Labute approximate surface area is 193 Å². The number of nitrogens with one attached hydrogen (secondary N) is 1. The summed E-state index contributed by atoms with van der Waals surface area (Å²) < 4.78 is 16.0. The largest absolute Gasteiger partial charge is 0.478 e. The molecule has 0 radical (unpaired) electrons. The van der Waals surface area contributed by atoms with E-state index >= 15 is 0 Å². The summed E-state index contributed by atoms with van der Waals surface area (Å²) in [6.07, 6.45) is 2.45. The number of ether oxygens (including phenoxy) is 3. The Kier molecular flexibility index (Phi) is 12.2. The first kappa shape index (κ1) is 28.2. The van der Waals surface area contributed by atoms with Gasteiger partial charge in [0.2, 0.25) is 11.7 Å². The monoisotopic (exact) mass is 472 g/mol. The van der Waals surface area contributed by atoms with Crippen molar-refractivity contribution in [3.05, 3.63) is 11.8 Å². The summed E-state index contributed by atoms with van der Waals surface area (Å²) in [4.78, 5) is 39.3. The third-order valence-corrected chi connectivity index (χ3v) is 5.06. The van der Waals surface area contributed by atoms with Crippen LogP contribution in [0.4, 0.5) is 0 Å². The number of methoxy groups -OCH3 is 1. The predicted octanol–water partition coefficient (Wildman–Crippen LogP) is -0.220. The third-order valence-electron chi connectivity index (χ3n) is 5.06. The van der Waals surface area contributed by atoms with Crippen molar-refractivity contribution in [2.45, 2.75) is 82.8 Å². The van der Waals surface area contributed by atoms with Crippen LogP contribution in [0.25, 0.3) is 0 Å². The average molecular weight is 473 g/mol. The molecule has 3 unspecified atom stereocenters. The normalized spacial score (nSPS) is 21.7. The molecule has 0 fully saturated rings. The van der Waals surface area contributed by atoms with E-state index < -0.39 is 60.6 Å². The number of carbonyl (C=O) groups excluding carboxylic acids is 2. The molecule has 0 aromatic rings. The van der Waals surface area contributed by atoms with E-state index in [0.29, 0.717) is 6.42 Å². The second-order valence-electron chi connectivity index (χ2n) is 7.80. The summed E-state index contributed by atoms with van der Waals surface area (Å²) in [5, 5.41) is 22.7. The number of hydrogen-bond acceptors (Lipinski definition) is 8. The van der Waals surface area contributed by atoms with Crippen LogP contribution in [0.3, 0.4) is 0 Å². The van der Waals surface area contributed by atoms with Gasteiger partial charge in [-0.25, -0.2) is 9.79 Å². The highest BCUT2D eigenvalue weighted by Crippen LogP contribution is 2.26. The van der Waals surface area contributed by atoms with Crippen LogP contribution >= 0.6 is 0 Å². The molecule has 0 saturated carbocycles. The van der Waals surface area contributed by atoms with E-state index in [-0.39, 0.29) is 12.4 Å². The minimum atomic E-state index is -1.39. The minimum absolute atomic E-state index is 0.223. The Morgan fingerprint density at radius 3 is 2.45 bits per heavy atom. The van der Waals surface area contributed by atoms with Gasteiger partial charge in [0.25, 0.3) is 0 Å². The molecule has 1 heterocycles. The number of nitrogens with two attached hydrogens (primary N) is 2. The van der Waals surface area contributed by atoms with Crippen LogP contribution in [0.2, 0.25) is 0 Å². The number of amides is 1. The van der Waals surface area contributed by atoms with Crippen molar-refractivity contribution in [3.8, 4) is 0 Å². The molecule has 188 valence electrons. The molecule has 0 saturated heterocycles. The molecule has 1 aliphatic heterocycles. The number of guanidine groups is 1. The average Bonchev–Trinajstić information content (AvgIpc) is 2.73. The van der Waals surface area contributed by atoms with Crippen LogP contribution in [-0.4, -0.2) is 78.1 Å². The van der Waals surface area contributed by atoms with Crippen LogP contribution < -0.4 is 16.8 Å². The van der Waals surface area contributed by atoms with Crippen molar-refractivity contribution in [1.29, 1.82) is 0 Å². The second kappa shape index (κ2) is 14.3. The van der Waals surface area contributed by atoms with Gasteiger partial charge in [0.1, 0.15) is 18.8 Å². The molecule has 1 rings (SSSR count). The maximum atomic E-state index is 12.0. The van der Waals surface area contributed by atoms with Gasteiger partial charge in [0, 0.05) is 20.5 Å². The molecule has 12 heteroatoms. The number of carboxylic acids is 1. The standard InChI is InChI=1S/C21H36N4O8/c1-4-5-6-7-8-9-16(28)32-11-14(27)18(31-3)19-17(24-12(2)26)13(25-21(22)23)10-15(33-19)20(29)30/h10,13-14,17-19,27H,4-9,11H2,1-3H3,(H,24,26)(H,29,30)(H4,22,23,25)/t13?,14-,17?,18+,19?/m1/s1. The predicted molar refractivity (Wildman–Crippen MR) is 119 cm³/mol. The van der Waals surface area contributed by atoms with Gasteiger partial charge in [-0.2, -0.15) is 0 Å². The maximum Gasteiger partial charge on any atom is 0.370 e. The minimum Gasteiger partial charge on any atom is -0.478 e. The van der Waals surface area contributed by atoms with Gasteiger partial charge >= 0.3 is 11.9 Å². The van der Waals surface area contributed by atoms with E-state index in [0.717, 1.165) is 31.8 Å². The zero-order chi connectivity index (χ0) is 25.0. The Morgan fingerprint density at radius 2 is 1.91 bits per heavy atom. The first-order chi connectivity index (χ1) is 15.6. The highest BCUT2D eigenvalue weighted by atomic mass is 16.6. The lowest BCUT2D eigenvalue weighted by atomic mass is 9.92. The molecular weight excluding hydrogens is 436 g/mol. The fourth-order valence-electron chi connectivity index (χ4n) is 3.53. The molecule has 1 amide bonds. The topological polar surface area (TPSA) is 196 Å². The number of aliphatic imine (C=N–C) groups is 1. The summed E-state index contributed by atoms with van der Waals surface area (Å²) in [5.74, 6) is -3.13. The molecule has 1 aliphatic rings.